The van der Waals surface area contributed by atoms with Crippen LogP contribution in [-0.2, 0) is 9.57 Å². The molecule has 0 atom stereocenters. The molecule has 5 nitrogen and oxygen atoms in total. The smallest absolute Gasteiger partial charge is 0.222 e. The molecule has 1 rings (SSSR count). The fourth-order valence-corrected chi connectivity index (χ4v) is 2.99. The van der Waals surface area contributed by atoms with Crippen molar-refractivity contribution in [3.63, 3.8) is 0 Å². The van der Waals surface area contributed by atoms with Crippen molar-refractivity contribution in [3.8, 4) is 11.5 Å². The van der Waals surface area contributed by atoms with Gasteiger partial charge in [-0.05, 0) is 37.8 Å². The van der Waals surface area contributed by atoms with Crippen LogP contribution >= 0.6 is 69.6 Å². The topological polar surface area (TPSA) is 49.3 Å². The van der Waals surface area contributed by atoms with Crippen LogP contribution in [0.2, 0.25) is 10.0 Å². The predicted octanol–water partition coefficient (Wildman–Crippen LogP) is 8.32. The van der Waals surface area contributed by atoms with Crippen molar-refractivity contribution < 1.29 is 19.0 Å². The Kier molecular flexibility index (Phi) is 15.4. The van der Waals surface area contributed by atoms with E-state index >= 15 is 0 Å². The second-order valence-electron chi connectivity index (χ2n) is 6.03. The summed E-state index contributed by atoms with van der Waals surface area (Å²) in [6, 6.07) is 3.26. The van der Waals surface area contributed by atoms with Gasteiger partial charge in [0, 0.05) is 19.1 Å². The number of benzene rings is 1. The monoisotopic (exact) mass is 551 g/mol. The number of ether oxygens (including phenoxy) is 3. The van der Waals surface area contributed by atoms with Crippen molar-refractivity contribution in [2.24, 2.45) is 5.16 Å². The molecule has 0 spiro atoms. The maximum Gasteiger partial charge on any atom is 0.222 e. The number of hydrogen-bond acceptors (Lipinski definition) is 5. The molecular formula is C20H23Cl6NO4. The van der Waals surface area contributed by atoms with Crippen LogP contribution in [0.1, 0.15) is 32.6 Å². The summed E-state index contributed by atoms with van der Waals surface area (Å²) in [5.74, 6) is 1.37. The van der Waals surface area contributed by atoms with Gasteiger partial charge in [0.1, 0.15) is 27.9 Å². The van der Waals surface area contributed by atoms with E-state index in [1.165, 1.54) is 12.2 Å². The van der Waals surface area contributed by atoms with E-state index in [1.54, 1.807) is 19.1 Å². The Labute approximate surface area is 212 Å². The molecule has 0 aliphatic carbocycles. The van der Waals surface area contributed by atoms with Gasteiger partial charge < -0.3 is 19.0 Å². The lowest BCUT2D eigenvalue weighted by Crippen LogP contribution is -2.03. The molecule has 0 heterocycles. The lowest BCUT2D eigenvalue weighted by Gasteiger charge is -2.12. The fraction of sp³-hybridized carbons (Fsp3) is 0.450. The van der Waals surface area contributed by atoms with Crippen LogP contribution in [-0.4, -0.2) is 32.3 Å². The quantitative estimate of drug-likeness (QED) is 0.101. The zero-order valence-corrected chi connectivity index (χ0v) is 21.3. The Bertz CT molecular complexity index is 739. The maximum absolute atomic E-state index is 6.24. The Balaban J connectivity index is 2.20. The Morgan fingerprint density at radius 1 is 0.839 bits per heavy atom. The van der Waals surface area contributed by atoms with Gasteiger partial charge in [-0.1, -0.05) is 74.8 Å². The van der Waals surface area contributed by atoms with E-state index in [1.807, 2.05) is 0 Å². The number of nitrogens with zero attached hydrogens (tertiary/aromatic N) is 1. The van der Waals surface area contributed by atoms with E-state index in [4.69, 9.17) is 88.7 Å². The van der Waals surface area contributed by atoms with Crippen LogP contribution in [0.15, 0.2) is 38.4 Å². The van der Waals surface area contributed by atoms with Crippen molar-refractivity contribution in [1.29, 1.82) is 0 Å². The number of hydrogen-bond donors (Lipinski definition) is 0. The molecule has 0 aliphatic heterocycles. The summed E-state index contributed by atoms with van der Waals surface area (Å²) >= 11 is 34.5. The fourth-order valence-electron chi connectivity index (χ4n) is 2.17. The highest BCUT2D eigenvalue weighted by atomic mass is 35.5. The van der Waals surface area contributed by atoms with Crippen LogP contribution in [0, 0.1) is 0 Å². The summed E-state index contributed by atoms with van der Waals surface area (Å²) in [6.45, 7) is 3.16. The zero-order valence-electron chi connectivity index (χ0n) is 16.8. The van der Waals surface area contributed by atoms with Crippen molar-refractivity contribution in [1.82, 2.24) is 0 Å². The minimum Gasteiger partial charge on any atom is -0.490 e. The van der Waals surface area contributed by atoms with Crippen molar-refractivity contribution >= 4 is 75.5 Å². The second kappa shape index (κ2) is 16.9. The highest BCUT2D eigenvalue weighted by Gasteiger charge is 2.10. The largest absolute Gasteiger partial charge is 0.490 e. The molecule has 0 amide bonds. The van der Waals surface area contributed by atoms with Gasteiger partial charge in [0.2, 0.25) is 5.90 Å². The third kappa shape index (κ3) is 14.1. The Morgan fingerprint density at radius 2 is 1.42 bits per heavy atom. The maximum atomic E-state index is 6.24. The standard InChI is InChI=1S/C20H23Cl6NO4/c1-14(27-31-11-7-19(25)26)28-8-4-2-3-5-9-30-20-16(21)12-15(13-17(20)22)29-10-6-18(23)24/h6-7,12-13H,2-5,8-11H2,1H3. The predicted molar refractivity (Wildman–Crippen MR) is 131 cm³/mol. The molecule has 0 fully saturated rings. The molecule has 174 valence electrons. The summed E-state index contributed by atoms with van der Waals surface area (Å²) in [7, 11) is 0. The summed E-state index contributed by atoms with van der Waals surface area (Å²) in [5.41, 5.74) is 0. The van der Waals surface area contributed by atoms with Gasteiger partial charge in [-0.15, -0.1) is 0 Å². The molecule has 1 aromatic rings. The van der Waals surface area contributed by atoms with Crippen LogP contribution in [0.25, 0.3) is 0 Å². The number of oxime groups is 1. The normalized spacial score (nSPS) is 11.0. The summed E-state index contributed by atoms with van der Waals surface area (Å²) in [4.78, 5) is 4.97. The molecule has 1 aromatic carbocycles. The Hall–Kier alpha value is -0.690. The van der Waals surface area contributed by atoms with Crippen LogP contribution in [0.3, 0.4) is 0 Å². The number of unbranched alkanes of at least 4 members (excludes halogenated alkanes) is 3. The molecule has 11 heteroatoms. The SMILES string of the molecule is CC(=NOCC=C(Cl)Cl)OCCCCCCOc1c(Cl)cc(OCC=C(Cl)Cl)cc1Cl. The number of rotatable bonds is 14. The van der Waals surface area contributed by atoms with Crippen LogP contribution in [0.5, 0.6) is 11.5 Å². The summed E-state index contributed by atoms with van der Waals surface area (Å²) < 4.78 is 16.9. The van der Waals surface area contributed by atoms with Gasteiger partial charge in [-0.2, -0.15) is 0 Å². The van der Waals surface area contributed by atoms with Crippen molar-refractivity contribution in [3.05, 3.63) is 43.3 Å². The van der Waals surface area contributed by atoms with E-state index in [0.717, 1.165) is 25.7 Å². The van der Waals surface area contributed by atoms with Gasteiger partial charge in [-0.25, -0.2) is 0 Å². The minimum absolute atomic E-state index is 0.127. The van der Waals surface area contributed by atoms with E-state index in [-0.39, 0.29) is 22.2 Å². The molecule has 31 heavy (non-hydrogen) atoms. The van der Waals surface area contributed by atoms with E-state index in [0.29, 0.717) is 40.7 Å². The highest BCUT2D eigenvalue weighted by Crippen LogP contribution is 2.37. The highest BCUT2D eigenvalue weighted by molar-refractivity contribution is 6.56. The summed E-state index contributed by atoms with van der Waals surface area (Å²) in [6.07, 6.45) is 6.69. The molecule has 0 saturated carbocycles. The van der Waals surface area contributed by atoms with Gasteiger partial charge >= 0.3 is 0 Å². The van der Waals surface area contributed by atoms with E-state index in [2.05, 4.69) is 5.16 Å². The molecule has 0 unspecified atom stereocenters. The number of halogens is 6. The third-order valence-corrected chi connectivity index (χ3v) is 4.74. The first-order valence-electron chi connectivity index (χ1n) is 9.36. The van der Waals surface area contributed by atoms with Crippen LogP contribution < -0.4 is 9.47 Å². The average Bonchev–Trinajstić information content (AvgIpc) is 2.68. The zero-order chi connectivity index (χ0) is 23.1. The van der Waals surface area contributed by atoms with Gasteiger partial charge in [0.05, 0.1) is 23.3 Å². The van der Waals surface area contributed by atoms with Gasteiger partial charge in [0.25, 0.3) is 0 Å². The minimum atomic E-state index is 0.127. The van der Waals surface area contributed by atoms with Gasteiger partial charge in [-0.3, -0.25) is 0 Å². The molecule has 0 bridgehead atoms. The first-order chi connectivity index (χ1) is 14.8. The molecule has 0 saturated heterocycles. The molecule has 0 aliphatic rings. The average molecular weight is 554 g/mol. The van der Waals surface area contributed by atoms with E-state index < -0.39 is 0 Å². The molecular weight excluding hydrogens is 531 g/mol. The van der Waals surface area contributed by atoms with Gasteiger partial charge in [0.15, 0.2) is 5.75 Å². The Morgan fingerprint density at radius 3 is 2.03 bits per heavy atom. The van der Waals surface area contributed by atoms with E-state index in [9.17, 15) is 0 Å². The van der Waals surface area contributed by atoms with Crippen molar-refractivity contribution in [2.75, 3.05) is 26.4 Å². The summed E-state index contributed by atoms with van der Waals surface area (Å²) in [5, 5.41) is 4.53. The second-order valence-corrected chi connectivity index (χ2v) is 8.86. The lowest BCUT2D eigenvalue weighted by atomic mass is 10.2. The molecule has 0 aromatic heterocycles. The molecule has 0 N–H and O–H groups in total. The lowest BCUT2D eigenvalue weighted by molar-refractivity contribution is 0.157. The molecule has 0 radical (unpaired) electrons. The third-order valence-electron chi connectivity index (χ3n) is 3.56. The van der Waals surface area contributed by atoms with Crippen LogP contribution in [0.4, 0.5) is 0 Å². The first kappa shape index (κ1) is 28.3. The first-order valence-corrected chi connectivity index (χ1v) is 11.6. The van der Waals surface area contributed by atoms with Crippen molar-refractivity contribution in [2.45, 2.75) is 32.6 Å².